The van der Waals surface area contributed by atoms with Crippen molar-refractivity contribution in [3.05, 3.63) is 0 Å². The lowest BCUT2D eigenvalue weighted by Gasteiger charge is -2.19. The van der Waals surface area contributed by atoms with E-state index < -0.39 is 12.0 Å². The van der Waals surface area contributed by atoms with E-state index in [1.165, 1.54) is 0 Å². The van der Waals surface area contributed by atoms with Crippen LogP contribution in [0.4, 0.5) is 0 Å². The molecule has 0 bridgehead atoms. The summed E-state index contributed by atoms with van der Waals surface area (Å²) in [5, 5.41) is 11.5. The lowest BCUT2D eigenvalue weighted by atomic mass is 10.1. The predicted octanol–water partition coefficient (Wildman–Crippen LogP) is 1.09. The van der Waals surface area contributed by atoms with Gasteiger partial charge in [0.15, 0.2) is 0 Å². The minimum Gasteiger partial charge on any atom is -0.480 e. The van der Waals surface area contributed by atoms with Crippen molar-refractivity contribution in [3.8, 4) is 0 Å². The first-order valence-corrected chi connectivity index (χ1v) is 3.94. The molecule has 3 nitrogen and oxygen atoms in total. The number of carboxylic acid groups (broad SMARTS) is 1. The SMILES string of the molecule is CC(C)[C@H](C)N[C@@H](C)C(=O)O. The molecule has 0 radical (unpaired) electrons. The Kier molecular flexibility index (Phi) is 4.11. The van der Waals surface area contributed by atoms with Crippen molar-refractivity contribution in [2.75, 3.05) is 0 Å². The van der Waals surface area contributed by atoms with Crippen LogP contribution in [0.2, 0.25) is 0 Å². The second kappa shape index (κ2) is 4.34. The van der Waals surface area contributed by atoms with Gasteiger partial charge < -0.3 is 10.4 Å². The van der Waals surface area contributed by atoms with Crippen molar-refractivity contribution in [2.24, 2.45) is 5.92 Å². The summed E-state index contributed by atoms with van der Waals surface area (Å²) in [7, 11) is 0. The van der Waals surface area contributed by atoms with Gasteiger partial charge in [-0.2, -0.15) is 0 Å². The Bertz CT molecular complexity index is 134. The van der Waals surface area contributed by atoms with E-state index in [2.05, 4.69) is 19.2 Å². The quantitative estimate of drug-likeness (QED) is 0.645. The lowest BCUT2D eigenvalue weighted by Crippen LogP contribution is -2.42. The number of aliphatic carboxylic acids is 1. The first kappa shape index (κ1) is 10.4. The van der Waals surface area contributed by atoms with Crippen LogP contribution in [0.3, 0.4) is 0 Å². The van der Waals surface area contributed by atoms with Crippen molar-refractivity contribution >= 4 is 5.97 Å². The molecule has 0 unspecified atom stereocenters. The summed E-state index contributed by atoms with van der Waals surface area (Å²) in [6, 6.07) is -0.200. The molecule has 0 saturated carbocycles. The third kappa shape index (κ3) is 3.98. The van der Waals surface area contributed by atoms with Crippen molar-refractivity contribution in [1.29, 1.82) is 0 Å². The minimum absolute atomic E-state index is 0.251. The summed E-state index contributed by atoms with van der Waals surface area (Å²) in [5.41, 5.74) is 0. The van der Waals surface area contributed by atoms with Gasteiger partial charge in [0.25, 0.3) is 0 Å². The van der Waals surface area contributed by atoms with E-state index >= 15 is 0 Å². The molecule has 0 aliphatic rings. The van der Waals surface area contributed by atoms with E-state index in [1.807, 2.05) is 6.92 Å². The minimum atomic E-state index is -0.794. The van der Waals surface area contributed by atoms with Crippen molar-refractivity contribution < 1.29 is 9.90 Å². The summed E-state index contributed by atoms with van der Waals surface area (Å²) >= 11 is 0. The topological polar surface area (TPSA) is 49.3 Å². The highest BCUT2D eigenvalue weighted by Crippen LogP contribution is 2.00. The number of nitrogens with one attached hydrogen (secondary N) is 1. The Morgan fingerprint density at radius 3 is 2.00 bits per heavy atom. The zero-order valence-corrected chi connectivity index (χ0v) is 7.59. The highest BCUT2D eigenvalue weighted by atomic mass is 16.4. The average molecular weight is 159 g/mol. The first-order valence-electron chi connectivity index (χ1n) is 3.94. The summed E-state index contributed by atoms with van der Waals surface area (Å²) < 4.78 is 0. The van der Waals surface area contributed by atoms with Gasteiger partial charge in [-0.05, 0) is 19.8 Å². The van der Waals surface area contributed by atoms with Gasteiger partial charge in [-0.1, -0.05) is 13.8 Å². The zero-order valence-electron chi connectivity index (χ0n) is 7.59. The fourth-order valence-corrected chi connectivity index (χ4v) is 0.658. The Morgan fingerprint density at radius 2 is 1.73 bits per heavy atom. The maximum atomic E-state index is 10.4. The molecule has 0 aromatic carbocycles. The summed E-state index contributed by atoms with van der Waals surface area (Å²) in [4.78, 5) is 10.4. The number of carbonyl (C=O) groups is 1. The standard InChI is InChI=1S/C8H17NO2/c1-5(2)6(3)9-7(4)8(10)11/h5-7,9H,1-4H3,(H,10,11)/t6-,7-/m0/s1. The molecule has 2 N–H and O–H groups in total. The smallest absolute Gasteiger partial charge is 0.320 e. The molecule has 0 rings (SSSR count). The maximum absolute atomic E-state index is 10.4. The maximum Gasteiger partial charge on any atom is 0.320 e. The van der Waals surface area contributed by atoms with E-state index in [4.69, 9.17) is 5.11 Å². The Hall–Kier alpha value is -0.570. The van der Waals surface area contributed by atoms with Crippen LogP contribution < -0.4 is 5.32 Å². The summed E-state index contributed by atoms with van der Waals surface area (Å²) in [5.74, 6) is -0.325. The van der Waals surface area contributed by atoms with Crippen LogP contribution in [0.1, 0.15) is 27.7 Å². The van der Waals surface area contributed by atoms with Gasteiger partial charge in [-0.15, -0.1) is 0 Å². The van der Waals surface area contributed by atoms with Gasteiger partial charge in [-0.3, -0.25) is 4.79 Å². The molecule has 66 valence electrons. The van der Waals surface area contributed by atoms with Gasteiger partial charge in [0.1, 0.15) is 6.04 Å². The van der Waals surface area contributed by atoms with E-state index in [0.29, 0.717) is 5.92 Å². The normalized spacial score (nSPS) is 16.5. The molecule has 0 spiro atoms. The van der Waals surface area contributed by atoms with Crippen molar-refractivity contribution in [1.82, 2.24) is 5.32 Å². The van der Waals surface area contributed by atoms with Crippen molar-refractivity contribution in [2.45, 2.75) is 39.8 Å². The van der Waals surface area contributed by atoms with Crippen LogP contribution in [0.5, 0.6) is 0 Å². The second-order valence-corrected chi connectivity index (χ2v) is 3.26. The molecular weight excluding hydrogens is 142 g/mol. The molecular formula is C8H17NO2. The largest absolute Gasteiger partial charge is 0.480 e. The number of hydrogen-bond donors (Lipinski definition) is 2. The molecule has 0 aromatic heterocycles. The van der Waals surface area contributed by atoms with Gasteiger partial charge in [0.2, 0.25) is 0 Å². The molecule has 0 saturated heterocycles. The van der Waals surface area contributed by atoms with E-state index in [1.54, 1.807) is 6.92 Å². The Balaban J connectivity index is 3.75. The highest BCUT2D eigenvalue weighted by Gasteiger charge is 2.15. The molecule has 3 heteroatoms. The van der Waals surface area contributed by atoms with Gasteiger partial charge in [-0.25, -0.2) is 0 Å². The van der Waals surface area contributed by atoms with Crippen LogP contribution in [0, 0.1) is 5.92 Å². The fraction of sp³-hybridized carbons (Fsp3) is 0.875. The average Bonchev–Trinajstić information content (AvgIpc) is 1.87. The zero-order chi connectivity index (χ0) is 9.02. The fourth-order valence-electron chi connectivity index (χ4n) is 0.658. The Labute approximate surface area is 67.8 Å². The second-order valence-electron chi connectivity index (χ2n) is 3.26. The molecule has 2 atom stereocenters. The van der Waals surface area contributed by atoms with Crippen LogP contribution in [0.15, 0.2) is 0 Å². The van der Waals surface area contributed by atoms with E-state index in [0.717, 1.165) is 0 Å². The number of carboxylic acids is 1. The van der Waals surface area contributed by atoms with E-state index in [9.17, 15) is 4.79 Å². The molecule has 0 fully saturated rings. The summed E-state index contributed by atoms with van der Waals surface area (Å²) in [6.45, 7) is 7.77. The number of hydrogen-bond acceptors (Lipinski definition) is 2. The van der Waals surface area contributed by atoms with Crippen LogP contribution in [-0.2, 0) is 4.79 Å². The lowest BCUT2D eigenvalue weighted by molar-refractivity contribution is -0.139. The third-order valence-electron chi connectivity index (χ3n) is 1.88. The van der Waals surface area contributed by atoms with Crippen LogP contribution in [-0.4, -0.2) is 23.2 Å². The number of rotatable bonds is 4. The molecule has 0 aromatic rings. The Morgan fingerprint density at radius 1 is 1.27 bits per heavy atom. The van der Waals surface area contributed by atoms with Crippen LogP contribution >= 0.6 is 0 Å². The predicted molar refractivity (Wildman–Crippen MR) is 44.5 cm³/mol. The third-order valence-corrected chi connectivity index (χ3v) is 1.88. The summed E-state index contributed by atoms with van der Waals surface area (Å²) in [6.07, 6.45) is 0. The van der Waals surface area contributed by atoms with Gasteiger partial charge in [0.05, 0.1) is 0 Å². The molecule has 0 aliphatic heterocycles. The van der Waals surface area contributed by atoms with Gasteiger partial charge in [0, 0.05) is 6.04 Å². The van der Waals surface area contributed by atoms with Crippen molar-refractivity contribution in [3.63, 3.8) is 0 Å². The van der Waals surface area contributed by atoms with Gasteiger partial charge >= 0.3 is 5.97 Å². The molecule has 0 amide bonds. The monoisotopic (exact) mass is 159 g/mol. The molecule has 11 heavy (non-hydrogen) atoms. The van der Waals surface area contributed by atoms with Crippen LogP contribution in [0.25, 0.3) is 0 Å². The highest BCUT2D eigenvalue weighted by molar-refractivity contribution is 5.72. The van der Waals surface area contributed by atoms with E-state index in [-0.39, 0.29) is 6.04 Å². The first-order chi connectivity index (χ1) is 4.95. The molecule has 0 aliphatic carbocycles. The molecule has 0 heterocycles.